The Labute approximate surface area is 305 Å². The fourth-order valence-corrected chi connectivity index (χ4v) is 8.30. The van der Waals surface area contributed by atoms with E-state index >= 15 is 0 Å². The van der Waals surface area contributed by atoms with Crippen molar-refractivity contribution in [2.45, 2.75) is 0 Å². The summed E-state index contributed by atoms with van der Waals surface area (Å²) in [7, 11) is 0. The summed E-state index contributed by atoms with van der Waals surface area (Å²) in [4.78, 5) is 11.7. The molecule has 0 unspecified atom stereocenters. The Morgan fingerprint density at radius 3 is 1.67 bits per heavy atom. The van der Waals surface area contributed by atoms with Gasteiger partial charge < -0.3 is 4.57 Å². The first kappa shape index (κ1) is 30.2. The zero-order valence-corrected chi connectivity index (χ0v) is 29.0. The van der Waals surface area contributed by atoms with Crippen LogP contribution in [0, 0.1) is 0 Å². The van der Waals surface area contributed by atoms with Crippen molar-refractivity contribution in [3.63, 3.8) is 0 Å². The molecule has 0 saturated carbocycles. The predicted molar refractivity (Wildman–Crippen MR) is 219 cm³/mol. The van der Waals surface area contributed by atoms with Crippen molar-refractivity contribution < 1.29 is 0 Å². The molecule has 0 atom stereocenters. The second kappa shape index (κ2) is 12.6. The Bertz CT molecular complexity index is 2840. The Balaban J connectivity index is 1.11. The number of benzene rings is 7. The molecule has 0 aliphatic carbocycles. The van der Waals surface area contributed by atoms with E-state index in [4.69, 9.17) is 9.97 Å². The van der Waals surface area contributed by atoms with Crippen molar-refractivity contribution in [2.24, 2.45) is 0 Å². The predicted octanol–water partition coefficient (Wildman–Crippen LogP) is 13.1. The number of para-hydroxylation sites is 2. The minimum Gasteiger partial charge on any atom is -0.309 e. The van der Waals surface area contributed by atoms with Crippen molar-refractivity contribution in [2.75, 3.05) is 0 Å². The maximum Gasteiger partial charge on any atom is 0.160 e. The van der Waals surface area contributed by atoms with Gasteiger partial charge in [-0.1, -0.05) is 133 Å². The summed E-state index contributed by atoms with van der Waals surface area (Å²) in [6.07, 6.45) is 0. The summed E-state index contributed by atoms with van der Waals surface area (Å²) in [5, 5.41) is 3.65. The average molecular weight is 682 g/mol. The van der Waals surface area contributed by atoms with Crippen molar-refractivity contribution >= 4 is 43.2 Å². The van der Waals surface area contributed by atoms with E-state index in [0.29, 0.717) is 5.82 Å². The Morgan fingerprint density at radius 1 is 0.385 bits per heavy atom. The van der Waals surface area contributed by atoms with Gasteiger partial charge >= 0.3 is 0 Å². The van der Waals surface area contributed by atoms with Gasteiger partial charge in [-0.05, 0) is 76.7 Å². The normalized spacial score (nSPS) is 11.5. The third-order valence-electron chi connectivity index (χ3n) is 9.85. The third-order valence-corrected chi connectivity index (χ3v) is 11.0. The number of thiophene rings is 1. The minimum absolute atomic E-state index is 0.701. The molecule has 3 heterocycles. The largest absolute Gasteiger partial charge is 0.309 e. The van der Waals surface area contributed by atoms with E-state index in [9.17, 15) is 0 Å². The van der Waals surface area contributed by atoms with Gasteiger partial charge in [-0.2, -0.15) is 0 Å². The molecule has 0 amide bonds. The number of hydrogen-bond acceptors (Lipinski definition) is 3. The van der Waals surface area contributed by atoms with E-state index in [1.165, 1.54) is 47.9 Å². The molecule has 244 valence electrons. The topological polar surface area (TPSA) is 30.7 Å². The Morgan fingerprint density at radius 2 is 0.942 bits per heavy atom. The van der Waals surface area contributed by atoms with Gasteiger partial charge in [0.1, 0.15) is 0 Å². The lowest BCUT2D eigenvalue weighted by atomic mass is 10.0. The minimum atomic E-state index is 0.701. The molecule has 10 rings (SSSR count). The number of fused-ring (bicyclic) bond motifs is 4. The number of nitrogens with zero attached hydrogens (tertiary/aromatic N) is 3. The zero-order valence-electron chi connectivity index (χ0n) is 28.1. The fourth-order valence-electron chi connectivity index (χ4n) is 7.23. The first-order chi connectivity index (χ1) is 25.7. The van der Waals surface area contributed by atoms with Crippen LogP contribution in [0.1, 0.15) is 0 Å². The molecule has 0 fully saturated rings. The van der Waals surface area contributed by atoms with E-state index < -0.39 is 0 Å². The van der Waals surface area contributed by atoms with Crippen LogP contribution in [0.3, 0.4) is 0 Å². The molecule has 3 nitrogen and oxygen atoms in total. The van der Waals surface area contributed by atoms with E-state index in [0.717, 1.165) is 39.3 Å². The third kappa shape index (κ3) is 5.38. The summed E-state index contributed by atoms with van der Waals surface area (Å²) in [5.74, 6) is 0.701. The van der Waals surface area contributed by atoms with Gasteiger partial charge in [-0.15, -0.1) is 11.3 Å². The Hall–Kier alpha value is -6.62. The molecule has 0 spiro atoms. The van der Waals surface area contributed by atoms with Crippen LogP contribution in [0.15, 0.2) is 188 Å². The molecule has 0 aliphatic rings. The van der Waals surface area contributed by atoms with Crippen molar-refractivity contribution in [1.29, 1.82) is 0 Å². The van der Waals surface area contributed by atoms with Crippen LogP contribution < -0.4 is 0 Å². The molecular weight excluding hydrogens is 651 g/mol. The SMILES string of the molecule is c1ccc(-c2ccc(-c3cc(-c4ccc(-c5cc6ccccc6s5)cc4)nc(-c4ccc5c(c4)c4ccccc4n5-c4ccccc4)n3)cc2)cc1. The lowest BCUT2D eigenvalue weighted by Gasteiger charge is -2.11. The second-order valence-corrected chi connectivity index (χ2v) is 14.1. The van der Waals surface area contributed by atoms with Crippen LogP contribution in [-0.2, 0) is 0 Å². The molecule has 10 aromatic rings. The molecule has 0 saturated heterocycles. The van der Waals surface area contributed by atoms with Gasteiger partial charge in [-0.3, -0.25) is 0 Å². The molecule has 0 bridgehead atoms. The first-order valence-corrected chi connectivity index (χ1v) is 18.3. The van der Waals surface area contributed by atoms with Crippen LogP contribution in [0.25, 0.3) is 93.0 Å². The highest BCUT2D eigenvalue weighted by Crippen LogP contribution is 2.37. The summed E-state index contributed by atoms with van der Waals surface area (Å²) in [5.41, 5.74) is 11.9. The standard InChI is InChI=1S/C48H31N3S/c1-3-11-32(12-4-1)33-19-21-34(22-20-33)42-31-43(35-23-25-36(26-24-35)47-30-37-13-7-10-18-46(37)52-47)50-48(49-42)38-27-28-45-41(29-38)40-16-8-9-17-44(40)51(45)39-14-5-2-6-15-39/h1-31H. The molecule has 4 heteroatoms. The van der Waals surface area contributed by atoms with Crippen LogP contribution in [0.2, 0.25) is 0 Å². The Kier molecular flexibility index (Phi) is 7.33. The summed E-state index contributed by atoms with van der Waals surface area (Å²) >= 11 is 1.83. The second-order valence-electron chi connectivity index (χ2n) is 13.1. The number of rotatable bonds is 6. The monoisotopic (exact) mass is 681 g/mol. The maximum absolute atomic E-state index is 5.24. The molecule has 3 aromatic heterocycles. The fraction of sp³-hybridized carbons (Fsp3) is 0. The van der Waals surface area contributed by atoms with Gasteiger partial charge in [-0.25, -0.2) is 9.97 Å². The molecular formula is C48H31N3S. The number of hydrogen-bond donors (Lipinski definition) is 0. The number of aromatic nitrogens is 3. The highest BCUT2D eigenvalue weighted by atomic mass is 32.1. The van der Waals surface area contributed by atoms with Gasteiger partial charge in [0.2, 0.25) is 0 Å². The molecule has 7 aromatic carbocycles. The quantitative estimate of drug-likeness (QED) is 0.175. The lowest BCUT2D eigenvalue weighted by Crippen LogP contribution is -1.96. The van der Waals surface area contributed by atoms with Gasteiger partial charge in [0.15, 0.2) is 5.82 Å². The van der Waals surface area contributed by atoms with Crippen LogP contribution in [0.5, 0.6) is 0 Å². The molecule has 0 N–H and O–H groups in total. The summed E-state index contributed by atoms with van der Waals surface area (Å²) < 4.78 is 3.64. The molecule has 0 radical (unpaired) electrons. The molecule has 0 aliphatic heterocycles. The highest BCUT2D eigenvalue weighted by molar-refractivity contribution is 7.22. The van der Waals surface area contributed by atoms with Gasteiger partial charge in [0.05, 0.1) is 22.4 Å². The van der Waals surface area contributed by atoms with E-state index in [1.54, 1.807) is 0 Å². The van der Waals surface area contributed by atoms with Gasteiger partial charge in [0, 0.05) is 42.7 Å². The maximum atomic E-state index is 5.24. The van der Waals surface area contributed by atoms with Crippen LogP contribution in [-0.4, -0.2) is 14.5 Å². The van der Waals surface area contributed by atoms with E-state index in [2.05, 4.69) is 187 Å². The van der Waals surface area contributed by atoms with E-state index in [-0.39, 0.29) is 0 Å². The average Bonchev–Trinajstić information content (AvgIpc) is 3.81. The summed E-state index contributed by atoms with van der Waals surface area (Å²) in [6, 6.07) is 66.7. The lowest BCUT2D eigenvalue weighted by molar-refractivity contribution is 1.17. The van der Waals surface area contributed by atoms with Crippen molar-refractivity contribution in [1.82, 2.24) is 14.5 Å². The smallest absolute Gasteiger partial charge is 0.160 e. The van der Waals surface area contributed by atoms with Crippen LogP contribution in [0.4, 0.5) is 0 Å². The zero-order chi connectivity index (χ0) is 34.4. The molecule has 52 heavy (non-hydrogen) atoms. The first-order valence-electron chi connectivity index (χ1n) is 17.5. The van der Waals surface area contributed by atoms with Gasteiger partial charge in [0.25, 0.3) is 0 Å². The highest BCUT2D eigenvalue weighted by Gasteiger charge is 2.16. The van der Waals surface area contributed by atoms with E-state index in [1.807, 2.05) is 17.4 Å². The van der Waals surface area contributed by atoms with Crippen molar-refractivity contribution in [3.8, 4) is 61.2 Å². The van der Waals surface area contributed by atoms with Crippen LogP contribution >= 0.6 is 11.3 Å². The van der Waals surface area contributed by atoms with Crippen molar-refractivity contribution in [3.05, 3.63) is 188 Å². The summed E-state index contributed by atoms with van der Waals surface area (Å²) in [6.45, 7) is 0.